The standard InChI is InChI=1S/C9H8ClNO2.C2H6/c1-6(9(12)13-2)7-3-4-8(10)11-5-7;1-2/h3-5H,1H2,2H3;1-2H3. The molecule has 1 aromatic heterocycles. The van der Waals surface area contributed by atoms with Crippen molar-refractivity contribution in [1.82, 2.24) is 4.98 Å². The van der Waals surface area contributed by atoms with Crippen LogP contribution in [-0.2, 0) is 9.53 Å². The predicted molar refractivity (Wildman–Crippen MR) is 61.6 cm³/mol. The van der Waals surface area contributed by atoms with Crippen molar-refractivity contribution in [2.75, 3.05) is 7.11 Å². The molecule has 0 saturated carbocycles. The van der Waals surface area contributed by atoms with Gasteiger partial charge in [-0.15, -0.1) is 0 Å². The Morgan fingerprint density at radius 3 is 2.47 bits per heavy atom. The van der Waals surface area contributed by atoms with E-state index in [0.29, 0.717) is 10.7 Å². The van der Waals surface area contributed by atoms with E-state index in [1.165, 1.54) is 13.3 Å². The van der Waals surface area contributed by atoms with Crippen molar-refractivity contribution in [2.24, 2.45) is 0 Å². The first kappa shape index (κ1) is 13.7. The van der Waals surface area contributed by atoms with Crippen LogP contribution in [0.3, 0.4) is 0 Å². The van der Waals surface area contributed by atoms with Gasteiger partial charge in [0.1, 0.15) is 5.15 Å². The van der Waals surface area contributed by atoms with Crippen LogP contribution in [0.4, 0.5) is 0 Å². The molecule has 1 aromatic rings. The summed E-state index contributed by atoms with van der Waals surface area (Å²) in [5, 5.41) is 0.376. The molecule has 0 spiro atoms. The number of aromatic nitrogens is 1. The summed E-state index contributed by atoms with van der Waals surface area (Å²) in [7, 11) is 1.30. The minimum Gasteiger partial charge on any atom is -0.465 e. The van der Waals surface area contributed by atoms with Crippen molar-refractivity contribution in [3.8, 4) is 0 Å². The molecule has 0 atom stereocenters. The molecule has 0 aliphatic carbocycles. The molecule has 0 aliphatic rings. The van der Waals surface area contributed by atoms with E-state index in [1.807, 2.05) is 13.8 Å². The highest BCUT2D eigenvalue weighted by molar-refractivity contribution is 6.29. The minimum atomic E-state index is -0.468. The largest absolute Gasteiger partial charge is 0.465 e. The minimum absolute atomic E-state index is 0.270. The Kier molecular flexibility index (Phi) is 6.38. The van der Waals surface area contributed by atoms with Crippen LogP contribution in [0.1, 0.15) is 19.4 Å². The second kappa shape index (κ2) is 7.01. The normalized spacial score (nSPS) is 8.53. The van der Waals surface area contributed by atoms with Crippen molar-refractivity contribution in [3.63, 3.8) is 0 Å². The van der Waals surface area contributed by atoms with Gasteiger partial charge in [0, 0.05) is 11.8 Å². The molecule has 0 bridgehead atoms. The molecule has 0 unspecified atom stereocenters. The molecule has 3 nitrogen and oxygen atoms in total. The predicted octanol–water partition coefficient (Wildman–Crippen LogP) is 2.95. The Bertz CT molecular complexity index is 333. The van der Waals surface area contributed by atoms with Gasteiger partial charge in [0.05, 0.1) is 12.7 Å². The van der Waals surface area contributed by atoms with Crippen molar-refractivity contribution in [1.29, 1.82) is 0 Å². The summed E-state index contributed by atoms with van der Waals surface area (Å²) in [6, 6.07) is 3.25. The molecule has 0 N–H and O–H groups in total. The second-order valence-corrected chi connectivity index (χ2v) is 2.73. The molecule has 0 fully saturated rings. The third-order valence-electron chi connectivity index (χ3n) is 1.51. The molecule has 82 valence electrons. The lowest BCUT2D eigenvalue weighted by Gasteiger charge is -2.02. The van der Waals surface area contributed by atoms with Gasteiger partial charge >= 0.3 is 5.97 Å². The maximum absolute atomic E-state index is 11.0. The maximum atomic E-state index is 11.0. The van der Waals surface area contributed by atoms with Gasteiger partial charge in [-0.2, -0.15) is 0 Å². The first-order chi connectivity index (χ1) is 7.15. The van der Waals surface area contributed by atoms with Gasteiger partial charge in [0.25, 0.3) is 0 Å². The number of halogens is 1. The quantitative estimate of drug-likeness (QED) is 0.443. The molecule has 15 heavy (non-hydrogen) atoms. The van der Waals surface area contributed by atoms with Gasteiger partial charge in [-0.1, -0.05) is 32.0 Å². The van der Waals surface area contributed by atoms with E-state index in [0.717, 1.165) is 0 Å². The number of carbonyl (C=O) groups is 1. The van der Waals surface area contributed by atoms with Crippen LogP contribution >= 0.6 is 11.6 Å². The Labute approximate surface area is 94.7 Å². The molecule has 1 rings (SSSR count). The molecule has 0 saturated heterocycles. The van der Waals surface area contributed by atoms with E-state index in [1.54, 1.807) is 12.1 Å². The summed E-state index contributed by atoms with van der Waals surface area (Å²) in [4.78, 5) is 14.8. The summed E-state index contributed by atoms with van der Waals surface area (Å²) in [5.41, 5.74) is 0.878. The van der Waals surface area contributed by atoms with E-state index in [4.69, 9.17) is 11.6 Å². The molecule has 0 radical (unpaired) electrons. The molecule has 0 amide bonds. The zero-order valence-electron chi connectivity index (χ0n) is 9.08. The van der Waals surface area contributed by atoms with Crippen LogP contribution in [0.5, 0.6) is 0 Å². The van der Waals surface area contributed by atoms with Crippen LogP contribution in [0, 0.1) is 0 Å². The number of hydrogen-bond donors (Lipinski definition) is 0. The summed E-state index contributed by atoms with van der Waals surface area (Å²) in [6.07, 6.45) is 1.47. The highest BCUT2D eigenvalue weighted by atomic mass is 35.5. The number of methoxy groups -OCH3 is 1. The van der Waals surface area contributed by atoms with E-state index in [9.17, 15) is 4.79 Å². The third kappa shape index (κ3) is 4.13. The Hall–Kier alpha value is -1.35. The lowest BCUT2D eigenvalue weighted by molar-refractivity contribution is -0.133. The van der Waals surface area contributed by atoms with Gasteiger partial charge in [-0.3, -0.25) is 0 Å². The molecular weight excluding hydrogens is 214 g/mol. The highest BCUT2D eigenvalue weighted by Crippen LogP contribution is 2.14. The van der Waals surface area contributed by atoms with Crippen molar-refractivity contribution < 1.29 is 9.53 Å². The van der Waals surface area contributed by atoms with Gasteiger partial charge in [0.2, 0.25) is 0 Å². The summed E-state index contributed by atoms with van der Waals surface area (Å²) < 4.78 is 4.50. The summed E-state index contributed by atoms with van der Waals surface area (Å²) >= 11 is 5.57. The van der Waals surface area contributed by atoms with Crippen LogP contribution in [-0.4, -0.2) is 18.1 Å². The van der Waals surface area contributed by atoms with Crippen LogP contribution in [0.25, 0.3) is 5.57 Å². The van der Waals surface area contributed by atoms with E-state index in [-0.39, 0.29) is 5.57 Å². The second-order valence-electron chi connectivity index (χ2n) is 2.34. The van der Waals surface area contributed by atoms with Gasteiger partial charge < -0.3 is 4.74 Å². The molecule has 1 heterocycles. The fourth-order valence-electron chi connectivity index (χ4n) is 0.795. The summed E-state index contributed by atoms with van der Waals surface area (Å²) in [6.45, 7) is 7.57. The van der Waals surface area contributed by atoms with Crippen molar-refractivity contribution in [3.05, 3.63) is 35.6 Å². The first-order valence-electron chi connectivity index (χ1n) is 4.54. The van der Waals surface area contributed by atoms with Gasteiger partial charge in [-0.05, 0) is 12.1 Å². The van der Waals surface area contributed by atoms with Crippen LogP contribution in [0.15, 0.2) is 24.9 Å². The maximum Gasteiger partial charge on any atom is 0.337 e. The Balaban J connectivity index is 0.000000921. The zero-order valence-corrected chi connectivity index (χ0v) is 9.84. The van der Waals surface area contributed by atoms with Crippen molar-refractivity contribution in [2.45, 2.75) is 13.8 Å². The van der Waals surface area contributed by atoms with E-state index >= 15 is 0 Å². The zero-order chi connectivity index (χ0) is 11.8. The van der Waals surface area contributed by atoms with Crippen LogP contribution < -0.4 is 0 Å². The number of esters is 1. The Morgan fingerprint density at radius 2 is 2.07 bits per heavy atom. The van der Waals surface area contributed by atoms with E-state index in [2.05, 4.69) is 16.3 Å². The average molecular weight is 228 g/mol. The molecular formula is C11H14ClNO2. The van der Waals surface area contributed by atoms with Crippen molar-refractivity contribution >= 4 is 23.1 Å². The molecule has 0 aromatic carbocycles. The fourth-order valence-corrected chi connectivity index (χ4v) is 0.907. The number of ether oxygens (including phenoxy) is 1. The number of rotatable bonds is 2. The summed E-state index contributed by atoms with van der Waals surface area (Å²) in [5.74, 6) is -0.468. The monoisotopic (exact) mass is 227 g/mol. The lowest BCUT2D eigenvalue weighted by atomic mass is 10.1. The average Bonchev–Trinajstić information content (AvgIpc) is 2.31. The third-order valence-corrected chi connectivity index (χ3v) is 1.73. The smallest absolute Gasteiger partial charge is 0.337 e. The SMILES string of the molecule is C=C(C(=O)OC)c1ccc(Cl)nc1.CC. The van der Waals surface area contributed by atoms with Gasteiger partial charge in [0.15, 0.2) is 0 Å². The number of carbonyl (C=O) groups excluding carboxylic acids is 1. The van der Waals surface area contributed by atoms with E-state index < -0.39 is 5.97 Å². The number of hydrogen-bond acceptors (Lipinski definition) is 3. The lowest BCUT2D eigenvalue weighted by Crippen LogP contribution is -2.02. The topological polar surface area (TPSA) is 39.2 Å². The fraction of sp³-hybridized carbons (Fsp3) is 0.273. The van der Waals surface area contributed by atoms with Gasteiger partial charge in [-0.25, -0.2) is 9.78 Å². The number of pyridine rings is 1. The highest BCUT2D eigenvalue weighted by Gasteiger charge is 2.08. The molecule has 0 aliphatic heterocycles. The number of nitrogens with zero attached hydrogens (tertiary/aromatic N) is 1. The molecule has 4 heteroatoms. The Morgan fingerprint density at radius 1 is 1.47 bits per heavy atom. The first-order valence-corrected chi connectivity index (χ1v) is 4.92. The van der Waals surface area contributed by atoms with Crippen LogP contribution in [0.2, 0.25) is 5.15 Å².